The average Bonchev–Trinajstić information content (AvgIpc) is 3.58. The summed E-state index contributed by atoms with van der Waals surface area (Å²) in [6.45, 7) is 13.5. The molecule has 4 fully saturated rings. The van der Waals surface area contributed by atoms with Crippen LogP contribution < -0.4 is 43.4 Å². The fourth-order valence-electron chi connectivity index (χ4n) is 9.27. The van der Waals surface area contributed by atoms with Gasteiger partial charge in [-0.05, 0) is 90.0 Å². The van der Waals surface area contributed by atoms with Gasteiger partial charge in [-0.15, -0.1) is 0 Å². The molecule has 4 rings (SSSR count). The Balaban J connectivity index is 1.49. The molecule has 0 radical (unpaired) electrons. The monoisotopic (exact) mass is 891 g/mol. The Bertz CT molecular complexity index is 1550. The molecular formula is C44H79BN8O10. The van der Waals surface area contributed by atoms with Gasteiger partial charge in [0.15, 0.2) is 0 Å². The van der Waals surface area contributed by atoms with Gasteiger partial charge in [-0.1, -0.05) is 72.1 Å². The number of primary amides is 1. The van der Waals surface area contributed by atoms with Crippen molar-refractivity contribution >= 4 is 48.5 Å². The van der Waals surface area contributed by atoms with E-state index in [0.717, 1.165) is 32.1 Å². The summed E-state index contributed by atoms with van der Waals surface area (Å²) in [4.78, 5) is 90.9. The Kier molecular flexibility index (Phi) is 21.8. The molecule has 63 heavy (non-hydrogen) atoms. The number of hydrogen-bond acceptors (Lipinski definition) is 11. The van der Waals surface area contributed by atoms with Crippen molar-refractivity contribution in [3.05, 3.63) is 0 Å². The fourth-order valence-corrected chi connectivity index (χ4v) is 9.27. The molecule has 1 saturated heterocycles. The predicted octanol–water partition coefficient (Wildman–Crippen LogP) is 1.53. The van der Waals surface area contributed by atoms with E-state index in [1.165, 1.54) is 52.4 Å². The lowest BCUT2D eigenvalue weighted by Gasteiger charge is -2.64. The first-order valence-corrected chi connectivity index (χ1v) is 23.5. The third-order valence-electron chi connectivity index (χ3n) is 13.4. The van der Waals surface area contributed by atoms with Gasteiger partial charge in [0, 0.05) is 19.4 Å². The topological polar surface area (TPSA) is 282 Å². The largest absolute Gasteiger partial charge is 0.481 e. The second-order valence-electron chi connectivity index (χ2n) is 18.9. The molecule has 3 aliphatic carbocycles. The Morgan fingerprint density at radius 1 is 0.730 bits per heavy atom. The van der Waals surface area contributed by atoms with Gasteiger partial charge in [0.25, 0.3) is 0 Å². The van der Waals surface area contributed by atoms with Crippen molar-refractivity contribution in [2.75, 3.05) is 13.1 Å². The summed E-state index contributed by atoms with van der Waals surface area (Å²) in [5.74, 6) is -4.51. The summed E-state index contributed by atoms with van der Waals surface area (Å²) < 4.78 is 12.7. The zero-order valence-electron chi connectivity index (χ0n) is 39.0. The van der Waals surface area contributed by atoms with Crippen LogP contribution in [0.2, 0.25) is 0 Å². The second-order valence-corrected chi connectivity index (χ2v) is 18.9. The first kappa shape index (κ1) is 53.5. The molecule has 1 aliphatic heterocycles. The predicted molar refractivity (Wildman–Crippen MR) is 239 cm³/mol. The highest BCUT2D eigenvalue weighted by molar-refractivity contribution is 6.47. The van der Waals surface area contributed by atoms with E-state index in [-0.39, 0.29) is 36.8 Å². The molecule has 19 heteroatoms. The maximum atomic E-state index is 13.5. The van der Waals surface area contributed by atoms with Gasteiger partial charge in [0.05, 0.1) is 30.2 Å². The third-order valence-corrected chi connectivity index (χ3v) is 13.4. The smallest absolute Gasteiger partial charge is 0.404 e. The molecule has 10 atom stereocenters. The molecule has 358 valence electrons. The van der Waals surface area contributed by atoms with E-state index in [0.29, 0.717) is 37.6 Å². The maximum Gasteiger partial charge on any atom is 0.481 e. The van der Waals surface area contributed by atoms with Gasteiger partial charge in [-0.2, -0.15) is 0 Å². The number of aliphatic hydroxyl groups is 1. The fraction of sp³-hybridized carbons (Fsp3) is 0.841. The van der Waals surface area contributed by atoms with Crippen LogP contribution in [0.4, 0.5) is 0 Å². The van der Waals surface area contributed by atoms with E-state index >= 15 is 0 Å². The highest BCUT2D eigenvalue weighted by Crippen LogP contribution is 2.65. The van der Waals surface area contributed by atoms with Crippen molar-refractivity contribution in [2.24, 2.45) is 28.7 Å². The van der Waals surface area contributed by atoms with E-state index in [9.17, 15) is 38.7 Å². The van der Waals surface area contributed by atoms with E-state index in [4.69, 9.17) is 20.8 Å². The van der Waals surface area contributed by atoms with E-state index < -0.39 is 90.8 Å². The van der Waals surface area contributed by atoms with Crippen molar-refractivity contribution < 1.29 is 48.0 Å². The number of carbonyl (C=O) groups is 7. The number of rotatable bonds is 30. The van der Waals surface area contributed by atoms with E-state index in [1.807, 2.05) is 0 Å². The number of nitrogens with one attached hydrogen (secondary N) is 6. The van der Waals surface area contributed by atoms with Gasteiger partial charge in [0.2, 0.25) is 41.4 Å². The normalized spacial score (nSPS) is 23.6. The SMILES string of the molecule is CCCCCCCCCCCC(=O)NCCC(=O)N[C@@H](CCCCN)C(=O)N[C@H](C(=O)N[C@@H](C)C(=O)N[C@@H](CC(N)=O)C(=O)N[C@@H](C)B1OC2C[C@@H]3C[C@@H](C3(C)C)[C@]2(C)O1)C(C)O. The van der Waals surface area contributed by atoms with Gasteiger partial charge in [-0.3, -0.25) is 33.6 Å². The van der Waals surface area contributed by atoms with Crippen molar-refractivity contribution in [3.8, 4) is 0 Å². The lowest BCUT2D eigenvalue weighted by molar-refractivity contribution is -0.199. The van der Waals surface area contributed by atoms with Gasteiger partial charge in [0.1, 0.15) is 24.2 Å². The summed E-state index contributed by atoms with van der Waals surface area (Å²) >= 11 is 0. The molecule has 3 saturated carbocycles. The molecule has 0 aromatic carbocycles. The number of nitrogens with two attached hydrogens (primary N) is 2. The summed E-state index contributed by atoms with van der Waals surface area (Å²) in [5, 5.41) is 26.1. The Labute approximate surface area is 374 Å². The molecule has 0 spiro atoms. The summed E-state index contributed by atoms with van der Waals surface area (Å²) in [6.07, 6.45) is 11.6. The molecule has 7 amide bonds. The van der Waals surface area contributed by atoms with Crippen molar-refractivity contribution in [3.63, 3.8) is 0 Å². The minimum Gasteiger partial charge on any atom is -0.404 e. The maximum absolute atomic E-state index is 13.5. The lowest BCUT2D eigenvalue weighted by Crippen LogP contribution is -2.65. The molecule has 0 aromatic rings. The zero-order chi connectivity index (χ0) is 46.9. The molecule has 1 heterocycles. The molecule has 4 aliphatic rings. The molecule has 18 nitrogen and oxygen atoms in total. The number of carbonyl (C=O) groups excluding carboxylic acids is 7. The first-order valence-electron chi connectivity index (χ1n) is 23.5. The van der Waals surface area contributed by atoms with Crippen molar-refractivity contribution in [2.45, 2.75) is 206 Å². The quantitative estimate of drug-likeness (QED) is 0.0368. The van der Waals surface area contributed by atoms with Crippen LogP contribution in [0.25, 0.3) is 0 Å². The van der Waals surface area contributed by atoms with Crippen LogP contribution in [0.15, 0.2) is 0 Å². The van der Waals surface area contributed by atoms with Crippen LogP contribution >= 0.6 is 0 Å². The average molecular weight is 891 g/mol. The van der Waals surface area contributed by atoms with Gasteiger partial charge in [-0.25, -0.2) is 0 Å². The number of hydrogen-bond donors (Lipinski definition) is 9. The lowest BCUT2D eigenvalue weighted by atomic mass is 9.43. The third kappa shape index (κ3) is 16.0. The molecule has 2 unspecified atom stereocenters. The summed E-state index contributed by atoms with van der Waals surface area (Å²) in [6, 6.07) is -5.33. The highest BCUT2D eigenvalue weighted by Gasteiger charge is 2.68. The van der Waals surface area contributed by atoms with Crippen LogP contribution in [0.3, 0.4) is 0 Å². The van der Waals surface area contributed by atoms with Crippen LogP contribution in [0.1, 0.15) is 158 Å². The molecule has 2 bridgehead atoms. The Morgan fingerprint density at radius 3 is 1.97 bits per heavy atom. The highest BCUT2D eigenvalue weighted by atomic mass is 16.7. The summed E-state index contributed by atoms with van der Waals surface area (Å²) in [7, 11) is -0.754. The minimum atomic E-state index is -1.54. The second kappa shape index (κ2) is 25.6. The van der Waals surface area contributed by atoms with E-state index in [2.05, 4.69) is 59.6 Å². The van der Waals surface area contributed by atoms with Crippen LogP contribution in [0, 0.1) is 17.3 Å². The molecule has 0 aromatic heterocycles. The number of unbranched alkanes of at least 4 members (excludes halogenated alkanes) is 9. The Hall–Kier alpha value is -3.81. The van der Waals surface area contributed by atoms with Crippen LogP contribution in [-0.4, -0.2) is 115 Å². The van der Waals surface area contributed by atoms with Gasteiger partial charge >= 0.3 is 7.12 Å². The van der Waals surface area contributed by atoms with Crippen molar-refractivity contribution in [1.29, 1.82) is 0 Å². The molecular weight excluding hydrogens is 811 g/mol. The van der Waals surface area contributed by atoms with Gasteiger partial charge < -0.3 is 57.8 Å². The standard InChI is InChI=1S/C44H79BN8O10/c1-8-9-10-11-12-13-14-15-16-20-36(56)48-23-21-37(57)51-31(19-17-18-22-46)40(59)53-38(28(3)54)42(61)49-27(2)39(58)52-32(26-35(47)55)41(60)50-29(4)45-62-34-25-30-24-33(43(30,5)6)44(34,7)63-45/h27-34,38,54H,8-26,46H2,1-7H3,(H2,47,55)(H,48,56)(H,49,61)(H,50,60)(H,51,57)(H,52,58)(H,53,59)/t27-,28?,29-,30-,31-,32-,33-,34?,38-,44-/m0/s1. The Morgan fingerprint density at radius 2 is 1.37 bits per heavy atom. The number of aliphatic hydroxyl groups excluding tert-OH is 1. The minimum absolute atomic E-state index is 0.0773. The first-order chi connectivity index (χ1) is 29.7. The van der Waals surface area contributed by atoms with Crippen LogP contribution in [0.5, 0.6) is 0 Å². The summed E-state index contributed by atoms with van der Waals surface area (Å²) in [5.41, 5.74) is 10.7. The van der Waals surface area contributed by atoms with Crippen LogP contribution in [-0.2, 0) is 42.9 Å². The van der Waals surface area contributed by atoms with Crippen molar-refractivity contribution in [1.82, 2.24) is 31.9 Å². The molecule has 11 N–H and O–H groups in total. The van der Waals surface area contributed by atoms with E-state index in [1.54, 1.807) is 6.92 Å². The number of amides is 7. The zero-order valence-corrected chi connectivity index (χ0v) is 39.0.